The number of nitrogens with one attached hydrogen (secondary N) is 2. The van der Waals surface area contributed by atoms with Gasteiger partial charge in [0, 0.05) is 5.69 Å². The lowest BCUT2D eigenvalue weighted by Crippen LogP contribution is -2.47. The lowest BCUT2D eigenvalue weighted by atomic mass is 10.0. The molecule has 2 amide bonds. The number of hydrogen-bond donors (Lipinski definition) is 2. The van der Waals surface area contributed by atoms with Crippen LogP contribution in [0.3, 0.4) is 0 Å². The fraction of sp³-hybridized carbons (Fsp3) is 0.333. The van der Waals surface area contributed by atoms with Crippen molar-refractivity contribution in [1.82, 2.24) is 5.32 Å². The summed E-state index contributed by atoms with van der Waals surface area (Å²) in [5.74, 6) is -0.406. The van der Waals surface area contributed by atoms with Crippen molar-refractivity contribution in [2.45, 2.75) is 33.2 Å². The Labute approximate surface area is 140 Å². The summed E-state index contributed by atoms with van der Waals surface area (Å²) in [7, 11) is 0. The minimum Gasteiger partial charge on any atom is -0.339 e. The number of amides is 2. The zero-order chi connectivity index (χ0) is 16.8. The summed E-state index contributed by atoms with van der Waals surface area (Å²) in [6.45, 7) is 5.89. The predicted molar refractivity (Wildman–Crippen MR) is 94.9 cm³/mol. The molecule has 1 atom stereocenters. The average Bonchev–Trinajstić information content (AvgIpc) is 3.07. The van der Waals surface area contributed by atoms with E-state index < -0.39 is 6.04 Å². The van der Waals surface area contributed by atoms with Gasteiger partial charge in [-0.15, -0.1) is 11.3 Å². The summed E-state index contributed by atoms with van der Waals surface area (Å²) in [5.41, 5.74) is 1.88. The topological polar surface area (TPSA) is 58.2 Å². The Morgan fingerprint density at radius 2 is 1.87 bits per heavy atom. The zero-order valence-corrected chi connectivity index (χ0v) is 14.4. The molecule has 0 fully saturated rings. The number of carbonyl (C=O) groups is 2. The molecule has 0 radical (unpaired) electrons. The van der Waals surface area contributed by atoms with E-state index in [4.69, 9.17) is 0 Å². The van der Waals surface area contributed by atoms with Crippen LogP contribution < -0.4 is 10.6 Å². The van der Waals surface area contributed by atoms with E-state index in [0.29, 0.717) is 4.88 Å². The van der Waals surface area contributed by atoms with Gasteiger partial charge in [0.25, 0.3) is 5.91 Å². The molecule has 0 bridgehead atoms. The molecule has 1 heterocycles. The lowest BCUT2D eigenvalue weighted by Gasteiger charge is -2.22. The third-order valence-corrected chi connectivity index (χ3v) is 4.51. The van der Waals surface area contributed by atoms with Crippen molar-refractivity contribution in [3.05, 3.63) is 52.2 Å². The van der Waals surface area contributed by atoms with Crippen LogP contribution in [0.15, 0.2) is 41.8 Å². The number of aryl methyl sites for hydroxylation is 1. The van der Waals surface area contributed by atoms with E-state index in [-0.39, 0.29) is 17.7 Å². The van der Waals surface area contributed by atoms with Gasteiger partial charge in [-0.25, -0.2) is 0 Å². The van der Waals surface area contributed by atoms with Gasteiger partial charge in [0.1, 0.15) is 6.04 Å². The number of para-hydroxylation sites is 1. The Balaban J connectivity index is 2.11. The average molecular weight is 330 g/mol. The highest BCUT2D eigenvalue weighted by atomic mass is 32.1. The van der Waals surface area contributed by atoms with E-state index in [1.165, 1.54) is 11.3 Å². The molecule has 4 nitrogen and oxygen atoms in total. The van der Waals surface area contributed by atoms with Gasteiger partial charge in [0.15, 0.2) is 0 Å². The second-order valence-electron chi connectivity index (χ2n) is 5.67. The number of thiophene rings is 1. The molecule has 122 valence electrons. The number of carbonyl (C=O) groups excluding carboxylic acids is 2. The van der Waals surface area contributed by atoms with Gasteiger partial charge in [-0.1, -0.05) is 45.0 Å². The molecular formula is C18H22N2O2S. The maximum Gasteiger partial charge on any atom is 0.262 e. The largest absolute Gasteiger partial charge is 0.339 e. The summed E-state index contributed by atoms with van der Waals surface area (Å²) in [4.78, 5) is 25.4. The number of benzene rings is 1. The third-order valence-electron chi connectivity index (χ3n) is 3.64. The Morgan fingerprint density at radius 3 is 2.48 bits per heavy atom. The van der Waals surface area contributed by atoms with Crippen LogP contribution in [-0.2, 0) is 11.2 Å². The van der Waals surface area contributed by atoms with Gasteiger partial charge in [-0.3, -0.25) is 9.59 Å². The van der Waals surface area contributed by atoms with Gasteiger partial charge >= 0.3 is 0 Å². The molecule has 0 spiro atoms. The maximum atomic E-state index is 12.6. The van der Waals surface area contributed by atoms with Gasteiger partial charge in [-0.05, 0) is 35.4 Å². The van der Waals surface area contributed by atoms with E-state index in [2.05, 4.69) is 10.6 Å². The quantitative estimate of drug-likeness (QED) is 0.848. The molecule has 1 aromatic heterocycles. The highest BCUT2D eigenvalue weighted by molar-refractivity contribution is 7.12. The highest BCUT2D eigenvalue weighted by Gasteiger charge is 2.25. The van der Waals surface area contributed by atoms with Gasteiger partial charge in [0.05, 0.1) is 4.88 Å². The van der Waals surface area contributed by atoms with Crippen LogP contribution in [0.1, 0.15) is 36.0 Å². The minimum absolute atomic E-state index is 0.00676. The Morgan fingerprint density at radius 1 is 1.13 bits per heavy atom. The molecule has 23 heavy (non-hydrogen) atoms. The van der Waals surface area contributed by atoms with E-state index in [1.54, 1.807) is 6.07 Å². The molecule has 0 aliphatic heterocycles. The maximum absolute atomic E-state index is 12.6. The summed E-state index contributed by atoms with van der Waals surface area (Å²) in [5, 5.41) is 7.62. The third kappa shape index (κ3) is 4.42. The second-order valence-corrected chi connectivity index (χ2v) is 6.62. The fourth-order valence-corrected chi connectivity index (χ4v) is 2.94. The van der Waals surface area contributed by atoms with Gasteiger partial charge in [-0.2, -0.15) is 0 Å². The van der Waals surface area contributed by atoms with Crippen molar-refractivity contribution >= 4 is 28.8 Å². The van der Waals surface area contributed by atoms with E-state index in [0.717, 1.165) is 17.7 Å². The monoisotopic (exact) mass is 330 g/mol. The summed E-state index contributed by atoms with van der Waals surface area (Å²) in [6.07, 6.45) is 0.838. The first kappa shape index (κ1) is 17.2. The van der Waals surface area contributed by atoms with Gasteiger partial charge in [0.2, 0.25) is 5.91 Å². The zero-order valence-electron chi connectivity index (χ0n) is 13.6. The smallest absolute Gasteiger partial charge is 0.262 e. The van der Waals surface area contributed by atoms with Crippen LogP contribution in [0, 0.1) is 5.92 Å². The van der Waals surface area contributed by atoms with Crippen molar-refractivity contribution < 1.29 is 9.59 Å². The molecule has 0 aliphatic rings. The Hall–Kier alpha value is -2.14. The van der Waals surface area contributed by atoms with Crippen molar-refractivity contribution in [3.63, 3.8) is 0 Å². The first-order chi connectivity index (χ1) is 11.0. The normalized spacial score (nSPS) is 12.0. The molecular weight excluding hydrogens is 308 g/mol. The predicted octanol–water partition coefficient (Wildman–Crippen LogP) is 3.70. The molecule has 0 unspecified atom stereocenters. The van der Waals surface area contributed by atoms with Crippen LogP contribution in [0.2, 0.25) is 0 Å². The molecule has 2 N–H and O–H groups in total. The summed E-state index contributed by atoms with van der Waals surface area (Å²) in [6, 6.07) is 10.7. The minimum atomic E-state index is -0.575. The van der Waals surface area contributed by atoms with Crippen LogP contribution in [0.25, 0.3) is 0 Å². The molecule has 1 aromatic carbocycles. The van der Waals surface area contributed by atoms with Crippen LogP contribution in [0.5, 0.6) is 0 Å². The van der Waals surface area contributed by atoms with Crippen molar-refractivity contribution in [3.8, 4) is 0 Å². The fourth-order valence-electron chi connectivity index (χ4n) is 2.32. The molecule has 2 aromatic rings. The molecule has 0 aliphatic carbocycles. The van der Waals surface area contributed by atoms with E-state index >= 15 is 0 Å². The van der Waals surface area contributed by atoms with Crippen molar-refractivity contribution in [2.24, 2.45) is 5.92 Å². The summed E-state index contributed by atoms with van der Waals surface area (Å²) >= 11 is 1.36. The number of rotatable bonds is 6. The van der Waals surface area contributed by atoms with Crippen LogP contribution in [-0.4, -0.2) is 17.9 Å². The number of anilines is 1. The number of hydrogen-bond acceptors (Lipinski definition) is 3. The highest BCUT2D eigenvalue weighted by Crippen LogP contribution is 2.17. The molecule has 0 saturated heterocycles. The first-order valence-corrected chi connectivity index (χ1v) is 8.64. The SMILES string of the molecule is CCc1ccccc1NC(=O)[C@@H](NC(=O)c1cccs1)C(C)C. The molecule has 2 rings (SSSR count). The Bertz CT molecular complexity index is 665. The van der Waals surface area contributed by atoms with E-state index in [1.807, 2.05) is 56.5 Å². The molecule has 5 heteroatoms. The van der Waals surface area contributed by atoms with Gasteiger partial charge < -0.3 is 10.6 Å². The first-order valence-electron chi connectivity index (χ1n) is 7.76. The summed E-state index contributed by atoms with van der Waals surface area (Å²) < 4.78 is 0. The van der Waals surface area contributed by atoms with Crippen LogP contribution in [0.4, 0.5) is 5.69 Å². The lowest BCUT2D eigenvalue weighted by molar-refractivity contribution is -0.118. The van der Waals surface area contributed by atoms with Crippen molar-refractivity contribution in [1.29, 1.82) is 0 Å². The Kier molecular flexibility index (Phi) is 5.93. The molecule has 0 saturated carbocycles. The standard InChI is InChI=1S/C18H22N2O2S/c1-4-13-8-5-6-9-14(13)19-18(22)16(12(2)3)20-17(21)15-10-7-11-23-15/h5-12,16H,4H2,1-3H3,(H,19,22)(H,20,21)/t16-/m0/s1. The van der Waals surface area contributed by atoms with Crippen molar-refractivity contribution in [2.75, 3.05) is 5.32 Å². The van der Waals surface area contributed by atoms with Crippen LogP contribution >= 0.6 is 11.3 Å². The van der Waals surface area contributed by atoms with E-state index in [9.17, 15) is 9.59 Å². The second kappa shape index (κ2) is 7.92.